The second-order valence-electron chi connectivity index (χ2n) is 5.54. The Balaban J connectivity index is 2.36. The molecule has 1 aromatic carbocycles. The minimum atomic E-state index is -4.21. The van der Waals surface area contributed by atoms with Crippen molar-refractivity contribution in [2.45, 2.75) is 32.2 Å². The molecule has 1 aromatic rings. The number of methoxy groups -OCH3 is 1. The predicted octanol–water partition coefficient (Wildman–Crippen LogP) is 4.00. The number of halogens is 3. The lowest BCUT2D eigenvalue weighted by Crippen LogP contribution is -2.45. The normalized spacial score (nSPS) is 11.9. The molecule has 0 aromatic heterocycles. The third kappa shape index (κ3) is 8.59. The number of rotatable bonds is 7. The molecule has 0 spiro atoms. The quantitative estimate of drug-likeness (QED) is 0.807. The van der Waals surface area contributed by atoms with Crippen LogP contribution in [0.15, 0.2) is 24.3 Å². The third-order valence-corrected chi connectivity index (χ3v) is 4.16. The van der Waals surface area contributed by atoms with Gasteiger partial charge < -0.3 is 14.8 Å². The Labute approximate surface area is 137 Å². The first-order valence-electron chi connectivity index (χ1n) is 6.84. The fourth-order valence-electron chi connectivity index (χ4n) is 1.64. The summed E-state index contributed by atoms with van der Waals surface area (Å²) < 4.78 is 46.4. The molecule has 0 saturated heterocycles. The van der Waals surface area contributed by atoms with Crippen LogP contribution in [0.2, 0.25) is 0 Å². The lowest BCUT2D eigenvalue weighted by atomic mass is 10.1. The minimum absolute atomic E-state index is 0.0710. The average Bonchev–Trinajstić information content (AvgIpc) is 2.43. The molecule has 0 fully saturated rings. The van der Waals surface area contributed by atoms with Gasteiger partial charge in [0.15, 0.2) is 0 Å². The fourth-order valence-corrected chi connectivity index (χ4v) is 2.56. The highest BCUT2D eigenvalue weighted by atomic mass is 32.2. The molecule has 0 bridgehead atoms. The number of ether oxygens (including phenoxy) is 2. The van der Waals surface area contributed by atoms with Crippen molar-refractivity contribution in [1.29, 1.82) is 0 Å². The standard InChI is InChI=1S/C15H20F3NO3S/c1-14(2,9-23-10-15(16,17)18)19-13(20)22-8-11-4-6-12(21-3)7-5-11/h4-7H,8-10H2,1-3H3,(H,19,20). The molecular weight excluding hydrogens is 331 g/mol. The predicted molar refractivity (Wildman–Crippen MR) is 83.8 cm³/mol. The highest BCUT2D eigenvalue weighted by Gasteiger charge is 2.29. The van der Waals surface area contributed by atoms with E-state index >= 15 is 0 Å². The molecule has 0 aliphatic heterocycles. The number of amides is 1. The highest BCUT2D eigenvalue weighted by molar-refractivity contribution is 7.99. The zero-order valence-electron chi connectivity index (χ0n) is 13.2. The van der Waals surface area contributed by atoms with Crippen LogP contribution in [-0.4, -0.2) is 36.4 Å². The van der Waals surface area contributed by atoms with Crippen molar-refractivity contribution < 1.29 is 27.4 Å². The van der Waals surface area contributed by atoms with E-state index in [0.717, 1.165) is 17.3 Å². The summed E-state index contributed by atoms with van der Waals surface area (Å²) in [5, 5.41) is 2.56. The summed E-state index contributed by atoms with van der Waals surface area (Å²) in [5.74, 6) is -0.121. The third-order valence-electron chi connectivity index (χ3n) is 2.70. The van der Waals surface area contributed by atoms with Crippen LogP contribution >= 0.6 is 11.8 Å². The smallest absolute Gasteiger partial charge is 0.407 e. The van der Waals surface area contributed by atoms with Crippen molar-refractivity contribution in [2.75, 3.05) is 18.6 Å². The molecule has 0 unspecified atom stereocenters. The van der Waals surface area contributed by atoms with E-state index < -0.39 is 23.6 Å². The van der Waals surface area contributed by atoms with E-state index in [1.807, 2.05) is 0 Å². The first-order valence-corrected chi connectivity index (χ1v) is 7.99. The largest absolute Gasteiger partial charge is 0.497 e. The van der Waals surface area contributed by atoms with Gasteiger partial charge in [-0.05, 0) is 31.5 Å². The van der Waals surface area contributed by atoms with E-state index in [4.69, 9.17) is 9.47 Å². The molecule has 0 aliphatic rings. The van der Waals surface area contributed by atoms with Gasteiger partial charge in [0, 0.05) is 11.3 Å². The summed E-state index contributed by atoms with van der Waals surface area (Å²) >= 11 is 0.719. The summed E-state index contributed by atoms with van der Waals surface area (Å²) in [7, 11) is 1.55. The van der Waals surface area contributed by atoms with Crippen LogP contribution in [0.1, 0.15) is 19.4 Å². The molecule has 130 valence electrons. The molecule has 1 amide bonds. The van der Waals surface area contributed by atoms with Gasteiger partial charge in [0.2, 0.25) is 0 Å². The first-order chi connectivity index (χ1) is 10.6. The monoisotopic (exact) mass is 351 g/mol. The van der Waals surface area contributed by atoms with Crippen LogP contribution in [0.25, 0.3) is 0 Å². The van der Waals surface area contributed by atoms with Crippen LogP contribution in [0.3, 0.4) is 0 Å². The molecule has 0 heterocycles. The van der Waals surface area contributed by atoms with Gasteiger partial charge in [-0.3, -0.25) is 0 Å². The Morgan fingerprint density at radius 3 is 2.30 bits per heavy atom. The van der Waals surface area contributed by atoms with Gasteiger partial charge in [-0.1, -0.05) is 12.1 Å². The number of benzene rings is 1. The van der Waals surface area contributed by atoms with Crippen molar-refractivity contribution in [2.24, 2.45) is 0 Å². The van der Waals surface area contributed by atoms with Crippen molar-refractivity contribution in [3.05, 3.63) is 29.8 Å². The maximum atomic E-state index is 12.1. The molecular formula is C15H20F3NO3S. The maximum absolute atomic E-state index is 12.1. The number of carbonyl (C=O) groups excluding carboxylic acids is 1. The molecule has 4 nitrogen and oxygen atoms in total. The molecule has 0 atom stereocenters. The van der Waals surface area contributed by atoms with E-state index in [9.17, 15) is 18.0 Å². The zero-order valence-corrected chi connectivity index (χ0v) is 14.0. The van der Waals surface area contributed by atoms with Crippen LogP contribution in [0, 0.1) is 0 Å². The Kier molecular flexibility index (Phi) is 7.05. The lowest BCUT2D eigenvalue weighted by molar-refractivity contribution is -0.105. The average molecular weight is 351 g/mol. The number of carbonyl (C=O) groups is 1. The maximum Gasteiger partial charge on any atom is 0.407 e. The Morgan fingerprint density at radius 2 is 1.78 bits per heavy atom. The summed E-state index contributed by atoms with van der Waals surface area (Å²) in [5.41, 5.74) is -0.0161. The number of hydrogen-bond donors (Lipinski definition) is 1. The summed E-state index contributed by atoms with van der Waals surface area (Å²) in [6, 6.07) is 7.01. The Morgan fingerprint density at radius 1 is 1.17 bits per heavy atom. The van der Waals surface area contributed by atoms with Gasteiger partial charge in [0.25, 0.3) is 0 Å². The van der Waals surface area contributed by atoms with Crippen LogP contribution in [-0.2, 0) is 11.3 Å². The molecule has 23 heavy (non-hydrogen) atoms. The van der Waals surface area contributed by atoms with Crippen LogP contribution in [0.4, 0.5) is 18.0 Å². The SMILES string of the molecule is COc1ccc(COC(=O)NC(C)(C)CSCC(F)(F)F)cc1. The number of hydrogen-bond acceptors (Lipinski definition) is 4. The van der Waals surface area contributed by atoms with Gasteiger partial charge in [0.05, 0.1) is 12.9 Å². The number of alkyl carbamates (subject to hydrolysis) is 1. The van der Waals surface area contributed by atoms with Gasteiger partial charge >= 0.3 is 12.3 Å². The van der Waals surface area contributed by atoms with Gasteiger partial charge in [-0.25, -0.2) is 4.79 Å². The lowest BCUT2D eigenvalue weighted by Gasteiger charge is -2.25. The van der Waals surface area contributed by atoms with E-state index in [0.29, 0.717) is 5.75 Å². The first kappa shape index (κ1) is 19.5. The summed E-state index contributed by atoms with van der Waals surface area (Å²) in [4.78, 5) is 11.7. The fraction of sp³-hybridized carbons (Fsp3) is 0.533. The van der Waals surface area contributed by atoms with Crippen molar-refractivity contribution >= 4 is 17.9 Å². The zero-order chi connectivity index (χ0) is 17.5. The molecule has 0 saturated carbocycles. The minimum Gasteiger partial charge on any atom is -0.497 e. The number of alkyl halides is 3. The van der Waals surface area contributed by atoms with E-state index in [1.165, 1.54) is 0 Å². The number of thioether (sulfide) groups is 1. The molecule has 1 rings (SSSR count). The van der Waals surface area contributed by atoms with E-state index in [2.05, 4.69) is 5.32 Å². The molecule has 0 aliphatic carbocycles. The number of nitrogens with one attached hydrogen (secondary N) is 1. The van der Waals surface area contributed by atoms with Gasteiger partial charge in [-0.2, -0.15) is 24.9 Å². The van der Waals surface area contributed by atoms with Crippen LogP contribution < -0.4 is 10.1 Å². The van der Waals surface area contributed by atoms with E-state index in [-0.39, 0.29) is 12.4 Å². The van der Waals surface area contributed by atoms with Gasteiger partial charge in [0.1, 0.15) is 12.4 Å². The van der Waals surface area contributed by atoms with E-state index in [1.54, 1.807) is 45.2 Å². The summed E-state index contributed by atoms with van der Waals surface area (Å²) in [6.45, 7) is 3.36. The second kappa shape index (κ2) is 8.33. The molecule has 8 heteroatoms. The van der Waals surface area contributed by atoms with Crippen LogP contribution in [0.5, 0.6) is 5.75 Å². The van der Waals surface area contributed by atoms with Gasteiger partial charge in [-0.15, -0.1) is 0 Å². The van der Waals surface area contributed by atoms with Crippen molar-refractivity contribution in [3.8, 4) is 5.75 Å². The topological polar surface area (TPSA) is 47.6 Å². The summed E-state index contributed by atoms with van der Waals surface area (Å²) in [6.07, 6.45) is -4.88. The second-order valence-corrected chi connectivity index (χ2v) is 6.53. The molecule has 1 N–H and O–H groups in total. The van der Waals surface area contributed by atoms with Crippen molar-refractivity contribution in [1.82, 2.24) is 5.32 Å². The highest BCUT2D eigenvalue weighted by Crippen LogP contribution is 2.23. The van der Waals surface area contributed by atoms with Crippen molar-refractivity contribution in [3.63, 3.8) is 0 Å². The Bertz CT molecular complexity index is 504. The Hall–Kier alpha value is -1.57. The molecule has 0 radical (unpaired) electrons.